The Morgan fingerprint density at radius 1 is 1.16 bits per heavy atom. The van der Waals surface area contributed by atoms with Gasteiger partial charge in [-0.2, -0.15) is 0 Å². The molecule has 0 saturated heterocycles. The van der Waals surface area contributed by atoms with Gasteiger partial charge in [0.25, 0.3) is 0 Å². The van der Waals surface area contributed by atoms with Gasteiger partial charge in [0, 0.05) is 12.0 Å². The van der Waals surface area contributed by atoms with Crippen LogP contribution in [0.2, 0.25) is 0 Å². The quantitative estimate of drug-likeness (QED) is 0.391. The van der Waals surface area contributed by atoms with Gasteiger partial charge in [-0.3, -0.25) is 0 Å². The third-order valence-electron chi connectivity index (χ3n) is 4.52. The first-order valence-corrected chi connectivity index (χ1v) is 9.99. The molecule has 1 heterocycles. The molecule has 3 N–H and O–H groups in total. The van der Waals surface area contributed by atoms with Gasteiger partial charge in [-0.15, -0.1) is 0 Å². The summed E-state index contributed by atoms with van der Waals surface area (Å²) in [6.07, 6.45) is -0.540. The number of fused-ring (bicyclic) bond motifs is 1. The van der Waals surface area contributed by atoms with Gasteiger partial charge in [0.2, 0.25) is 5.89 Å². The first-order chi connectivity index (χ1) is 15.1. The van der Waals surface area contributed by atoms with E-state index in [1.807, 2.05) is 0 Å². The number of benzene rings is 2. The van der Waals surface area contributed by atoms with Gasteiger partial charge >= 0.3 is 19.2 Å². The van der Waals surface area contributed by atoms with E-state index in [4.69, 9.17) is 13.9 Å². The molecule has 0 aliphatic carbocycles. The minimum Gasteiger partial charge on any atom is -0.467 e. The molecule has 0 bridgehead atoms. The Kier molecular flexibility index (Phi) is 6.85. The Morgan fingerprint density at radius 2 is 1.84 bits per heavy atom. The second-order valence-corrected chi connectivity index (χ2v) is 8.24. The van der Waals surface area contributed by atoms with Gasteiger partial charge in [0.15, 0.2) is 5.58 Å². The fourth-order valence-electron chi connectivity index (χ4n) is 3.04. The summed E-state index contributed by atoms with van der Waals surface area (Å²) in [6.45, 7) is 5.19. The summed E-state index contributed by atoms with van der Waals surface area (Å²) in [5.41, 5.74) is 2.19. The molecule has 0 fully saturated rings. The Balaban J connectivity index is 1.80. The number of oxazole rings is 1. The number of nitrogens with zero attached hydrogens (tertiary/aromatic N) is 1. The average Bonchev–Trinajstić information content (AvgIpc) is 3.14. The maximum absolute atomic E-state index is 12.2. The van der Waals surface area contributed by atoms with Crippen molar-refractivity contribution in [2.24, 2.45) is 0 Å². The molecule has 3 aromatic rings. The molecule has 168 valence electrons. The van der Waals surface area contributed by atoms with Gasteiger partial charge < -0.3 is 29.3 Å². The zero-order chi connectivity index (χ0) is 23.5. The summed E-state index contributed by atoms with van der Waals surface area (Å²) in [6, 6.07) is 10.8. The Bertz CT molecular complexity index is 1100. The van der Waals surface area contributed by atoms with Crippen LogP contribution in [0.1, 0.15) is 26.3 Å². The van der Waals surface area contributed by atoms with Crippen LogP contribution >= 0.6 is 0 Å². The van der Waals surface area contributed by atoms with Crippen molar-refractivity contribution in [3.8, 4) is 11.5 Å². The highest BCUT2D eigenvalue weighted by Gasteiger charge is 2.25. The predicted octanol–water partition coefficient (Wildman–Crippen LogP) is 1.78. The second-order valence-electron chi connectivity index (χ2n) is 8.24. The number of esters is 1. The molecule has 0 radical (unpaired) electrons. The van der Waals surface area contributed by atoms with Crippen LogP contribution in [-0.2, 0) is 20.7 Å². The second kappa shape index (κ2) is 9.41. The maximum Gasteiger partial charge on any atom is 0.488 e. The van der Waals surface area contributed by atoms with Crippen LogP contribution in [0.5, 0.6) is 0 Å². The number of rotatable bonds is 6. The molecule has 9 nitrogen and oxygen atoms in total. The Labute approximate surface area is 185 Å². The van der Waals surface area contributed by atoms with Crippen molar-refractivity contribution >= 4 is 35.7 Å². The van der Waals surface area contributed by atoms with E-state index in [1.54, 1.807) is 63.2 Å². The van der Waals surface area contributed by atoms with Crippen LogP contribution in [0.25, 0.3) is 22.6 Å². The van der Waals surface area contributed by atoms with Crippen LogP contribution in [0.3, 0.4) is 0 Å². The van der Waals surface area contributed by atoms with Crippen molar-refractivity contribution in [2.75, 3.05) is 7.11 Å². The van der Waals surface area contributed by atoms with E-state index >= 15 is 0 Å². The lowest BCUT2D eigenvalue weighted by Crippen LogP contribution is -2.45. The molecule has 3 rings (SSSR count). The molecule has 32 heavy (non-hydrogen) atoms. The minimum atomic E-state index is -1.55. The molecule has 1 aromatic heterocycles. The molecule has 2 aromatic carbocycles. The largest absolute Gasteiger partial charge is 0.488 e. The minimum absolute atomic E-state index is 0.174. The van der Waals surface area contributed by atoms with Crippen LogP contribution < -0.4 is 10.8 Å². The summed E-state index contributed by atoms with van der Waals surface area (Å²) < 4.78 is 15.8. The third kappa shape index (κ3) is 5.86. The first kappa shape index (κ1) is 23.3. The molecular formula is C22H25BN2O7. The molecule has 0 spiro atoms. The maximum atomic E-state index is 12.2. The fourth-order valence-corrected chi connectivity index (χ4v) is 3.04. The predicted molar refractivity (Wildman–Crippen MR) is 118 cm³/mol. The number of carbonyl (C=O) groups excluding carboxylic acids is 2. The summed E-state index contributed by atoms with van der Waals surface area (Å²) >= 11 is 0. The highest BCUT2D eigenvalue weighted by molar-refractivity contribution is 6.58. The Hall–Kier alpha value is -3.37. The summed E-state index contributed by atoms with van der Waals surface area (Å²) in [5.74, 6) is -0.226. The van der Waals surface area contributed by atoms with Gasteiger partial charge in [0.05, 0.1) is 7.11 Å². The fraction of sp³-hybridized carbons (Fsp3) is 0.318. The smallest absolute Gasteiger partial charge is 0.467 e. The van der Waals surface area contributed by atoms with E-state index < -0.39 is 30.8 Å². The number of alkyl carbamates (subject to hydrolysis) is 1. The number of carbonyl (C=O) groups is 2. The summed E-state index contributed by atoms with van der Waals surface area (Å²) in [5, 5.41) is 21.0. The van der Waals surface area contributed by atoms with Gasteiger partial charge in [-0.05, 0) is 56.1 Å². The number of hydrogen-bond donors (Lipinski definition) is 3. The van der Waals surface area contributed by atoms with Gasteiger partial charge in [-0.1, -0.05) is 18.2 Å². The summed E-state index contributed by atoms with van der Waals surface area (Å²) in [4.78, 5) is 28.8. The van der Waals surface area contributed by atoms with Crippen LogP contribution in [-0.4, -0.2) is 53.0 Å². The number of hydrogen-bond acceptors (Lipinski definition) is 8. The number of ether oxygens (including phenoxy) is 2. The molecule has 0 aliphatic heterocycles. The molecule has 0 saturated carbocycles. The SMILES string of the molecule is COC(=O)[C@H](Cc1ccc2oc(-c3ccc(B(O)O)cc3)nc2c1)NC(=O)OC(C)(C)C. The molecule has 1 amide bonds. The molecule has 0 unspecified atom stereocenters. The van der Waals surface area contributed by atoms with Crippen molar-refractivity contribution < 1.29 is 33.5 Å². The number of aromatic nitrogens is 1. The normalized spacial score (nSPS) is 12.3. The Morgan fingerprint density at radius 3 is 2.44 bits per heavy atom. The number of nitrogens with one attached hydrogen (secondary N) is 1. The summed E-state index contributed by atoms with van der Waals surface area (Å²) in [7, 11) is -0.299. The van der Waals surface area contributed by atoms with Crippen LogP contribution in [0.15, 0.2) is 46.9 Å². The standard InChI is InChI=1S/C22H25BN2O7/c1-22(2,3)32-21(27)25-17(20(26)30-4)12-13-5-10-18-16(11-13)24-19(31-18)14-6-8-15(9-7-14)23(28)29/h5-11,17,28-29H,12H2,1-4H3,(H,25,27)/t17-/m0/s1. The van der Waals surface area contributed by atoms with Gasteiger partial charge in [0.1, 0.15) is 17.2 Å². The topological polar surface area (TPSA) is 131 Å². The zero-order valence-corrected chi connectivity index (χ0v) is 18.3. The van der Waals surface area contributed by atoms with E-state index in [1.165, 1.54) is 7.11 Å². The van der Waals surface area contributed by atoms with Crippen molar-refractivity contribution in [1.82, 2.24) is 10.3 Å². The van der Waals surface area contributed by atoms with E-state index in [-0.39, 0.29) is 6.42 Å². The van der Waals surface area contributed by atoms with E-state index in [9.17, 15) is 19.6 Å². The van der Waals surface area contributed by atoms with E-state index in [2.05, 4.69) is 10.3 Å². The molecule has 0 aliphatic rings. The molecule has 10 heteroatoms. The number of methoxy groups -OCH3 is 1. The first-order valence-electron chi connectivity index (χ1n) is 9.99. The van der Waals surface area contributed by atoms with Crippen molar-refractivity contribution in [2.45, 2.75) is 38.8 Å². The zero-order valence-electron chi connectivity index (χ0n) is 18.3. The molecular weight excluding hydrogens is 415 g/mol. The van der Waals surface area contributed by atoms with Crippen molar-refractivity contribution in [1.29, 1.82) is 0 Å². The lowest BCUT2D eigenvalue weighted by Gasteiger charge is -2.22. The molecule has 1 atom stereocenters. The van der Waals surface area contributed by atoms with Crippen molar-refractivity contribution in [3.63, 3.8) is 0 Å². The lowest BCUT2D eigenvalue weighted by atomic mass is 9.80. The van der Waals surface area contributed by atoms with Crippen LogP contribution in [0.4, 0.5) is 4.79 Å². The van der Waals surface area contributed by atoms with Crippen LogP contribution in [0, 0.1) is 0 Å². The highest BCUT2D eigenvalue weighted by atomic mass is 16.6. The third-order valence-corrected chi connectivity index (χ3v) is 4.52. The highest BCUT2D eigenvalue weighted by Crippen LogP contribution is 2.25. The monoisotopic (exact) mass is 440 g/mol. The lowest BCUT2D eigenvalue weighted by molar-refractivity contribution is -0.143. The number of amides is 1. The van der Waals surface area contributed by atoms with Gasteiger partial charge in [-0.25, -0.2) is 14.6 Å². The van der Waals surface area contributed by atoms with Crippen molar-refractivity contribution in [3.05, 3.63) is 48.0 Å². The van der Waals surface area contributed by atoms with E-state index in [0.717, 1.165) is 5.56 Å². The average molecular weight is 440 g/mol. The van der Waals surface area contributed by atoms with E-state index in [0.29, 0.717) is 28.0 Å².